The molecule has 2 aliphatic rings. The van der Waals surface area contributed by atoms with Crippen molar-refractivity contribution >= 4 is 13.3 Å². The lowest BCUT2D eigenvalue weighted by atomic mass is 9.96. The van der Waals surface area contributed by atoms with Gasteiger partial charge >= 0.3 is 0 Å². The maximum absolute atomic E-state index is 2.55. The van der Waals surface area contributed by atoms with E-state index in [1.165, 1.54) is 78.2 Å². The van der Waals surface area contributed by atoms with Gasteiger partial charge in [0.15, 0.2) is 6.20 Å². The van der Waals surface area contributed by atoms with Crippen molar-refractivity contribution in [2.75, 3.05) is 0 Å². The molecule has 2 aromatic carbocycles. The molecule has 1 nitrogen and oxygen atoms in total. The van der Waals surface area contributed by atoms with Gasteiger partial charge in [-0.15, -0.1) is 0 Å². The standard InChI is InChI=1S/C27H32NSi/c1-21-13-14-23(22-10-5-3-6-11-22)18-25(21)26-19-24-12-9-17-29(15-7-4-8-16-29)27(24)20-28(26)2/h3,5-6,10-11,13-14,18-20H,4,7-9,12,15-17H2,1-2H3/q+1. The lowest BCUT2D eigenvalue weighted by Crippen LogP contribution is -2.55. The van der Waals surface area contributed by atoms with Gasteiger partial charge in [-0.2, -0.15) is 0 Å². The highest BCUT2D eigenvalue weighted by molar-refractivity contribution is 6.92. The minimum Gasteiger partial charge on any atom is -0.201 e. The third-order valence-corrected chi connectivity index (χ3v) is 13.0. The van der Waals surface area contributed by atoms with Crippen molar-refractivity contribution in [1.82, 2.24) is 0 Å². The van der Waals surface area contributed by atoms with E-state index in [-0.39, 0.29) is 0 Å². The van der Waals surface area contributed by atoms with Crippen LogP contribution in [0.1, 0.15) is 36.8 Å². The zero-order valence-electron chi connectivity index (χ0n) is 17.9. The zero-order chi connectivity index (χ0) is 19.8. The molecule has 0 aliphatic carbocycles. The molecule has 2 heteroatoms. The first kappa shape index (κ1) is 18.8. The highest BCUT2D eigenvalue weighted by Crippen LogP contribution is 2.37. The van der Waals surface area contributed by atoms with E-state index < -0.39 is 8.07 Å². The summed E-state index contributed by atoms with van der Waals surface area (Å²) in [4.78, 5) is 0. The van der Waals surface area contributed by atoms with Crippen LogP contribution in [0.4, 0.5) is 0 Å². The van der Waals surface area contributed by atoms with Crippen molar-refractivity contribution in [3.8, 4) is 22.4 Å². The van der Waals surface area contributed by atoms with Crippen molar-refractivity contribution < 1.29 is 4.57 Å². The molecule has 0 saturated carbocycles. The third-order valence-electron chi connectivity index (χ3n) is 7.46. The van der Waals surface area contributed by atoms with Gasteiger partial charge in [-0.1, -0.05) is 86.3 Å². The van der Waals surface area contributed by atoms with Gasteiger partial charge in [-0.05, 0) is 41.7 Å². The summed E-state index contributed by atoms with van der Waals surface area (Å²) in [5, 5.41) is 1.80. The van der Waals surface area contributed by atoms with Crippen molar-refractivity contribution in [1.29, 1.82) is 0 Å². The minimum absolute atomic E-state index is 1.24. The first-order valence-corrected chi connectivity index (χ1v) is 14.0. The van der Waals surface area contributed by atoms with Crippen LogP contribution in [0.3, 0.4) is 0 Å². The molecule has 0 unspecified atom stereocenters. The lowest BCUT2D eigenvalue weighted by molar-refractivity contribution is -0.659. The largest absolute Gasteiger partial charge is 0.212 e. The topological polar surface area (TPSA) is 3.88 Å². The summed E-state index contributed by atoms with van der Waals surface area (Å²) in [5.41, 5.74) is 8.38. The van der Waals surface area contributed by atoms with E-state index in [2.05, 4.69) is 79.3 Å². The fourth-order valence-corrected chi connectivity index (χ4v) is 11.5. The van der Waals surface area contributed by atoms with Crippen molar-refractivity contribution in [2.24, 2.45) is 7.05 Å². The SMILES string of the molecule is Cc1ccc(-c2ccccc2)cc1-c1cc2c(c[n+]1C)[Si]1(CCCCC1)CCC2. The number of fused-ring (bicyclic) bond motifs is 2. The molecular weight excluding hydrogens is 366 g/mol. The van der Waals surface area contributed by atoms with Crippen LogP contribution in [0.15, 0.2) is 60.8 Å². The predicted octanol–water partition coefficient (Wildman–Crippen LogP) is 5.94. The van der Waals surface area contributed by atoms with Gasteiger partial charge < -0.3 is 0 Å². The number of hydrogen-bond donors (Lipinski definition) is 0. The molecule has 3 heterocycles. The smallest absolute Gasteiger partial charge is 0.201 e. The summed E-state index contributed by atoms with van der Waals surface area (Å²) in [6.45, 7) is 2.25. The second kappa shape index (κ2) is 7.57. The first-order valence-electron chi connectivity index (χ1n) is 11.4. The van der Waals surface area contributed by atoms with Crippen LogP contribution in [0.5, 0.6) is 0 Å². The summed E-state index contributed by atoms with van der Waals surface area (Å²) in [6.07, 6.45) is 9.63. The van der Waals surface area contributed by atoms with Gasteiger partial charge in [0, 0.05) is 16.8 Å². The Kier molecular flexibility index (Phi) is 4.91. The van der Waals surface area contributed by atoms with E-state index in [1.54, 1.807) is 10.8 Å². The van der Waals surface area contributed by atoms with E-state index in [0.29, 0.717) is 0 Å². The quantitative estimate of drug-likeness (QED) is 0.371. The molecule has 0 amide bonds. The number of nitrogens with zero attached hydrogens (tertiary/aromatic N) is 1. The molecule has 0 N–H and O–H groups in total. The van der Waals surface area contributed by atoms with E-state index in [4.69, 9.17) is 0 Å². The highest BCUT2D eigenvalue weighted by Gasteiger charge is 2.41. The van der Waals surface area contributed by atoms with E-state index >= 15 is 0 Å². The molecule has 1 fully saturated rings. The van der Waals surface area contributed by atoms with Crippen LogP contribution in [0.25, 0.3) is 22.4 Å². The molecule has 29 heavy (non-hydrogen) atoms. The molecule has 5 rings (SSSR count). The maximum atomic E-state index is 2.55. The Morgan fingerprint density at radius 2 is 1.55 bits per heavy atom. The van der Waals surface area contributed by atoms with Crippen LogP contribution in [-0.2, 0) is 13.5 Å². The molecule has 2 aliphatic heterocycles. The number of aryl methyl sites for hydroxylation is 3. The minimum atomic E-state index is -1.24. The number of pyridine rings is 1. The normalized spacial score (nSPS) is 17.9. The number of aromatic nitrogens is 1. The second-order valence-electron chi connectivity index (χ2n) is 9.30. The average molecular weight is 399 g/mol. The fraction of sp³-hybridized carbons (Fsp3) is 0.370. The summed E-state index contributed by atoms with van der Waals surface area (Å²) in [6, 6.07) is 24.8. The highest BCUT2D eigenvalue weighted by atomic mass is 28.3. The second-order valence-corrected chi connectivity index (χ2v) is 13.9. The molecule has 0 bridgehead atoms. The van der Waals surface area contributed by atoms with Crippen LogP contribution in [0.2, 0.25) is 18.1 Å². The van der Waals surface area contributed by atoms with Crippen molar-refractivity contribution in [3.05, 3.63) is 71.9 Å². The van der Waals surface area contributed by atoms with Gasteiger partial charge in [0.05, 0.1) is 8.07 Å². The van der Waals surface area contributed by atoms with E-state index in [9.17, 15) is 0 Å². The van der Waals surface area contributed by atoms with Gasteiger partial charge in [0.2, 0.25) is 5.69 Å². The summed E-state index contributed by atoms with van der Waals surface area (Å²) < 4.78 is 2.44. The number of benzene rings is 2. The Balaban J connectivity index is 1.61. The average Bonchev–Trinajstić information content (AvgIpc) is 2.76. The molecule has 148 valence electrons. The van der Waals surface area contributed by atoms with Gasteiger partial charge in [0.1, 0.15) is 7.05 Å². The van der Waals surface area contributed by atoms with E-state index in [0.717, 1.165) is 0 Å². The molecule has 1 spiro atoms. The summed E-state index contributed by atoms with van der Waals surface area (Å²) in [5.74, 6) is 0. The Morgan fingerprint density at radius 1 is 0.793 bits per heavy atom. The lowest BCUT2D eigenvalue weighted by Gasteiger charge is -2.39. The Morgan fingerprint density at radius 3 is 2.34 bits per heavy atom. The molecule has 1 saturated heterocycles. The zero-order valence-corrected chi connectivity index (χ0v) is 18.9. The Hall–Kier alpha value is -2.19. The molecule has 3 aromatic rings. The van der Waals surface area contributed by atoms with Gasteiger partial charge in [-0.3, -0.25) is 0 Å². The molecule has 0 atom stereocenters. The Bertz CT molecular complexity index is 1030. The fourth-order valence-electron chi connectivity index (χ4n) is 5.85. The predicted molar refractivity (Wildman–Crippen MR) is 125 cm³/mol. The van der Waals surface area contributed by atoms with Gasteiger partial charge in [0.25, 0.3) is 0 Å². The molecule has 0 radical (unpaired) electrons. The van der Waals surface area contributed by atoms with E-state index in [1.807, 2.05) is 0 Å². The Labute approximate surface area is 176 Å². The number of hydrogen-bond acceptors (Lipinski definition) is 0. The monoisotopic (exact) mass is 398 g/mol. The van der Waals surface area contributed by atoms with Crippen LogP contribution < -0.4 is 9.75 Å². The molecular formula is C27H32NSi+. The third kappa shape index (κ3) is 3.38. The van der Waals surface area contributed by atoms with Gasteiger partial charge in [-0.25, -0.2) is 4.57 Å². The van der Waals surface area contributed by atoms with Crippen molar-refractivity contribution in [2.45, 2.75) is 57.2 Å². The number of rotatable bonds is 2. The summed E-state index contributed by atoms with van der Waals surface area (Å²) >= 11 is 0. The summed E-state index contributed by atoms with van der Waals surface area (Å²) in [7, 11) is 1.02. The molecule has 1 aromatic heterocycles. The van der Waals surface area contributed by atoms with Crippen molar-refractivity contribution in [3.63, 3.8) is 0 Å². The first-order chi connectivity index (χ1) is 14.2. The van der Waals surface area contributed by atoms with Crippen LogP contribution >= 0.6 is 0 Å². The van der Waals surface area contributed by atoms with Crippen LogP contribution in [-0.4, -0.2) is 8.07 Å². The van der Waals surface area contributed by atoms with Crippen LogP contribution in [0, 0.1) is 6.92 Å². The maximum Gasteiger partial charge on any atom is 0.212 e.